The summed E-state index contributed by atoms with van der Waals surface area (Å²) < 4.78 is 8.42. The van der Waals surface area contributed by atoms with Crippen molar-refractivity contribution < 1.29 is 4.74 Å². The highest BCUT2D eigenvalue weighted by molar-refractivity contribution is 9.10. The van der Waals surface area contributed by atoms with Gasteiger partial charge in [0.15, 0.2) is 0 Å². The van der Waals surface area contributed by atoms with Crippen LogP contribution in [0.4, 0.5) is 0 Å². The monoisotopic (exact) mass is 348 g/mol. The molecule has 0 atom stereocenters. The fraction of sp³-hybridized carbons (Fsp3) is 0.250. The van der Waals surface area contributed by atoms with E-state index in [4.69, 9.17) is 27.9 Å². The van der Waals surface area contributed by atoms with Gasteiger partial charge in [0.25, 0.3) is 0 Å². The number of benzene rings is 1. The van der Waals surface area contributed by atoms with E-state index in [9.17, 15) is 0 Å². The number of aromatic nitrogens is 2. The Kier molecular flexibility index (Phi) is 4.20. The molecule has 2 aromatic rings. The number of halogens is 3. The van der Waals surface area contributed by atoms with Crippen molar-refractivity contribution in [3.63, 3.8) is 0 Å². The van der Waals surface area contributed by atoms with Crippen molar-refractivity contribution in [2.24, 2.45) is 7.05 Å². The number of aryl methyl sites for hydroxylation is 2. The highest BCUT2D eigenvalue weighted by Gasteiger charge is 2.11. The minimum atomic E-state index is 0.413. The summed E-state index contributed by atoms with van der Waals surface area (Å²) in [7, 11) is 1.88. The summed E-state index contributed by atoms with van der Waals surface area (Å²) in [5.74, 6) is 0.676. The number of rotatable bonds is 3. The van der Waals surface area contributed by atoms with Crippen LogP contribution < -0.4 is 4.74 Å². The zero-order valence-corrected chi connectivity index (χ0v) is 13.0. The maximum absolute atomic E-state index is 5.92. The van der Waals surface area contributed by atoms with Crippen molar-refractivity contribution in [2.45, 2.75) is 13.5 Å². The van der Waals surface area contributed by atoms with E-state index in [1.807, 2.05) is 14.0 Å². The molecule has 6 heteroatoms. The molecule has 1 aromatic heterocycles. The SMILES string of the molecule is Cc1nn(C)c(COc2ccc(Cl)c(Cl)c2)c1Br. The van der Waals surface area contributed by atoms with Gasteiger partial charge in [-0.2, -0.15) is 5.10 Å². The topological polar surface area (TPSA) is 27.1 Å². The summed E-state index contributed by atoms with van der Waals surface area (Å²) in [5.41, 5.74) is 1.91. The Morgan fingerprint density at radius 2 is 2.06 bits per heavy atom. The Labute approximate surface area is 124 Å². The average molecular weight is 350 g/mol. The first kappa shape index (κ1) is 13.7. The van der Waals surface area contributed by atoms with Gasteiger partial charge in [0.1, 0.15) is 12.4 Å². The van der Waals surface area contributed by atoms with E-state index < -0.39 is 0 Å². The van der Waals surface area contributed by atoms with E-state index in [1.54, 1.807) is 22.9 Å². The van der Waals surface area contributed by atoms with E-state index in [1.165, 1.54) is 0 Å². The Morgan fingerprint density at radius 3 is 2.61 bits per heavy atom. The molecule has 1 aromatic carbocycles. The van der Waals surface area contributed by atoms with Gasteiger partial charge in [-0.3, -0.25) is 4.68 Å². The Balaban J connectivity index is 2.14. The number of hydrogen-bond donors (Lipinski definition) is 0. The summed E-state index contributed by atoms with van der Waals surface area (Å²) in [6.07, 6.45) is 0. The molecular weight excluding hydrogens is 339 g/mol. The smallest absolute Gasteiger partial charge is 0.131 e. The van der Waals surface area contributed by atoms with E-state index in [-0.39, 0.29) is 0 Å². The molecular formula is C12H11BrCl2N2O. The molecule has 0 saturated carbocycles. The van der Waals surface area contributed by atoms with Crippen LogP contribution in [0.1, 0.15) is 11.4 Å². The first-order valence-corrected chi connectivity index (χ1v) is 6.79. The van der Waals surface area contributed by atoms with Crippen molar-refractivity contribution in [3.8, 4) is 5.75 Å². The zero-order chi connectivity index (χ0) is 13.3. The standard InChI is InChI=1S/C12H11BrCl2N2O/c1-7-12(13)11(17(2)16-7)6-18-8-3-4-9(14)10(15)5-8/h3-5H,6H2,1-2H3. The van der Waals surface area contributed by atoms with Gasteiger partial charge in [-0.05, 0) is 35.0 Å². The Hall–Kier alpha value is -0.710. The van der Waals surface area contributed by atoms with Crippen molar-refractivity contribution >= 4 is 39.1 Å². The third kappa shape index (κ3) is 2.82. The van der Waals surface area contributed by atoms with Crippen LogP contribution in [-0.4, -0.2) is 9.78 Å². The lowest BCUT2D eigenvalue weighted by Crippen LogP contribution is -2.03. The fourth-order valence-electron chi connectivity index (χ4n) is 1.56. The van der Waals surface area contributed by atoms with Gasteiger partial charge in [-0.15, -0.1) is 0 Å². The lowest BCUT2D eigenvalue weighted by atomic mass is 10.3. The molecule has 2 rings (SSSR count). The van der Waals surface area contributed by atoms with Gasteiger partial charge in [0, 0.05) is 13.1 Å². The van der Waals surface area contributed by atoms with Crippen LogP contribution in [0.2, 0.25) is 10.0 Å². The lowest BCUT2D eigenvalue weighted by molar-refractivity contribution is 0.294. The quantitative estimate of drug-likeness (QED) is 0.822. The summed E-state index contributed by atoms with van der Waals surface area (Å²) in [5, 5.41) is 5.29. The van der Waals surface area contributed by atoms with E-state index in [0.29, 0.717) is 22.4 Å². The summed E-state index contributed by atoms with van der Waals surface area (Å²) in [4.78, 5) is 0. The second kappa shape index (κ2) is 5.51. The third-order valence-corrected chi connectivity index (χ3v) is 4.30. The molecule has 0 amide bonds. The van der Waals surface area contributed by atoms with Crippen LogP contribution in [0.5, 0.6) is 5.75 Å². The van der Waals surface area contributed by atoms with Gasteiger partial charge in [-0.1, -0.05) is 23.2 Å². The van der Waals surface area contributed by atoms with Crippen molar-refractivity contribution in [3.05, 3.63) is 44.1 Å². The molecule has 0 saturated heterocycles. The van der Waals surface area contributed by atoms with Crippen LogP contribution in [-0.2, 0) is 13.7 Å². The third-order valence-electron chi connectivity index (χ3n) is 2.53. The van der Waals surface area contributed by atoms with Crippen molar-refractivity contribution in [1.82, 2.24) is 9.78 Å². The second-order valence-corrected chi connectivity index (χ2v) is 5.44. The van der Waals surface area contributed by atoms with Gasteiger partial charge in [0.05, 0.1) is 25.9 Å². The minimum absolute atomic E-state index is 0.413. The molecule has 0 N–H and O–H groups in total. The van der Waals surface area contributed by atoms with Gasteiger partial charge >= 0.3 is 0 Å². The van der Waals surface area contributed by atoms with Crippen molar-refractivity contribution in [2.75, 3.05) is 0 Å². The molecule has 0 fully saturated rings. The molecule has 96 valence electrons. The molecule has 0 radical (unpaired) electrons. The second-order valence-electron chi connectivity index (χ2n) is 3.83. The largest absolute Gasteiger partial charge is 0.487 e. The normalized spacial score (nSPS) is 10.7. The van der Waals surface area contributed by atoms with Crippen LogP contribution in [0.25, 0.3) is 0 Å². The van der Waals surface area contributed by atoms with Gasteiger partial charge in [-0.25, -0.2) is 0 Å². The molecule has 3 nitrogen and oxygen atoms in total. The minimum Gasteiger partial charge on any atom is -0.487 e. The molecule has 0 bridgehead atoms. The fourth-order valence-corrected chi connectivity index (χ4v) is 2.29. The van der Waals surface area contributed by atoms with Gasteiger partial charge in [0.2, 0.25) is 0 Å². The number of ether oxygens (including phenoxy) is 1. The number of hydrogen-bond acceptors (Lipinski definition) is 2. The van der Waals surface area contributed by atoms with Crippen LogP contribution in [0, 0.1) is 6.92 Å². The Bertz CT molecular complexity index is 584. The van der Waals surface area contributed by atoms with E-state index in [2.05, 4.69) is 21.0 Å². The lowest BCUT2D eigenvalue weighted by Gasteiger charge is -2.08. The highest BCUT2D eigenvalue weighted by atomic mass is 79.9. The van der Waals surface area contributed by atoms with Crippen LogP contribution in [0.3, 0.4) is 0 Å². The summed E-state index contributed by atoms with van der Waals surface area (Å²) >= 11 is 15.3. The molecule has 0 spiro atoms. The van der Waals surface area contributed by atoms with E-state index >= 15 is 0 Å². The predicted octanol–water partition coefficient (Wildman–Crippen LogP) is 4.38. The zero-order valence-electron chi connectivity index (χ0n) is 9.88. The maximum atomic E-state index is 5.92. The molecule has 1 heterocycles. The first-order valence-electron chi connectivity index (χ1n) is 5.25. The van der Waals surface area contributed by atoms with Crippen LogP contribution >= 0.6 is 39.1 Å². The predicted molar refractivity (Wildman–Crippen MR) is 76.4 cm³/mol. The first-order chi connectivity index (χ1) is 8.49. The molecule has 18 heavy (non-hydrogen) atoms. The molecule has 0 unspecified atom stereocenters. The molecule has 0 aliphatic carbocycles. The molecule has 0 aliphatic heterocycles. The maximum Gasteiger partial charge on any atom is 0.131 e. The summed E-state index contributed by atoms with van der Waals surface area (Å²) in [6, 6.07) is 5.19. The van der Waals surface area contributed by atoms with Gasteiger partial charge < -0.3 is 4.74 Å². The molecule has 0 aliphatic rings. The summed E-state index contributed by atoms with van der Waals surface area (Å²) in [6.45, 7) is 2.35. The van der Waals surface area contributed by atoms with Crippen LogP contribution in [0.15, 0.2) is 22.7 Å². The number of nitrogens with zero attached hydrogens (tertiary/aromatic N) is 2. The van der Waals surface area contributed by atoms with Crippen molar-refractivity contribution in [1.29, 1.82) is 0 Å². The van der Waals surface area contributed by atoms with E-state index in [0.717, 1.165) is 15.9 Å². The highest BCUT2D eigenvalue weighted by Crippen LogP contribution is 2.27. The Morgan fingerprint density at radius 1 is 1.33 bits per heavy atom. The average Bonchev–Trinajstić information content (AvgIpc) is 2.56.